The average Bonchev–Trinajstić information content (AvgIpc) is 3.63. The number of para-hydroxylation sites is 1. The Labute approximate surface area is 373 Å². The maximum atomic E-state index is 12.3. The summed E-state index contributed by atoms with van der Waals surface area (Å²) in [7, 11) is 0. The number of fused-ring (bicyclic) bond motifs is 3. The molecule has 0 unspecified atom stereocenters. The maximum Gasteiger partial charge on any atom is 0.330 e. The molecule has 0 N–H and O–H groups in total. The highest BCUT2D eigenvalue weighted by Gasteiger charge is 2.16. The van der Waals surface area contributed by atoms with Crippen molar-refractivity contribution in [3.8, 4) is 22.6 Å². The molecule has 8 rings (SSSR count). The second-order valence-electron chi connectivity index (χ2n) is 16.6. The second-order valence-corrected chi connectivity index (χ2v) is 16.6. The van der Waals surface area contributed by atoms with Crippen LogP contribution in [-0.4, -0.2) is 17.1 Å². The fourth-order valence-electron chi connectivity index (χ4n) is 8.29. The number of hydrogen-bond acceptors (Lipinski definition) is 4. The fourth-order valence-corrected chi connectivity index (χ4v) is 8.29. The first-order valence-electron chi connectivity index (χ1n) is 22.7. The lowest BCUT2D eigenvalue weighted by Crippen LogP contribution is -2.10. The molecule has 0 radical (unpaired) electrons. The zero-order valence-electron chi connectivity index (χ0n) is 37.1. The van der Waals surface area contributed by atoms with Gasteiger partial charge in [0.1, 0.15) is 12.4 Å². The van der Waals surface area contributed by atoms with Crippen LogP contribution in [0.2, 0.25) is 0 Å². The van der Waals surface area contributed by atoms with Gasteiger partial charge in [-0.3, -0.25) is 0 Å². The Morgan fingerprint density at radius 2 is 1.19 bits per heavy atom. The van der Waals surface area contributed by atoms with Crippen LogP contribution in [0.25, 0.3) is 44.7 Å². The van der Waals surface area contributed by atoms with Crippen molar-refractivity contribution in [1.82, 2.24) is 4.57 Å². The van der Waals surface area contributed by atoms with Crippen molar-refractivity contribution in [2.24, 2.45) is 0 Å². The Morgan fingerprint density at radius 1 is 0.587 bits per heavy atom. The van der Waals surface area contributed by atoms with Crippen LogP contribution in [0, 0.1) is 13.8 Å². The Morgan fingerprint density at radius 3 is 1.90 bits per heavy atom. The second kappa shape index (κ2) is 20.3. The SMILES string of the molecule is CCCCCCOC(=O)/C=C/c1ccccc1OCc1ccc(-n2c3ccc(C)cc3c3cc(-c4ccc(N(c5ccc(C)cc5)c5ccc(CCCC)cc5)cc4)ccc32)cc1. The van der Waals surface area contributed by atoms with E-state index >= 15 is 0 Å². The summed E-state index contributed by atoms with van der Waals surface area (Å²) in [6, 6.07) is 56.8. The number of aromatic nitrogens is 1. The number of hydrogen-bond donors (Lipinski definition) is 0. The molecule has 7 aromatic carbocycles. The van der Waals surface area contributed by atoms with Crippen LogP contribution >= 0.6 is 0 Å². The quantitative estimate of drug-likeness (QED) is 0.0491. The Bertz CT molecular complexity index is 2800. The molecule has 8 aromatic rings. The summed E-state index contributed by atoms with van der Waals surface area (Å²) in [4.78, 5) is 14.7. The molecule has 0 saturated carbocycles. The summed E-state index contributed by atoms with van der Waals surface area (Å²) in [5, 5.41) is 2.45. The predicted molar refractivity (Wildman–Crippen MR) is 264 cm³/mol. The van der Waals surface area contributed by atoms with Crippen molar-refractivity contribution in [2.75, 3.05) is 11.5 Å². The number of nitrogens with zero attached hydrogens (tertiary/aromatic N) is 2. The molecule has 5 heteroatoms. The lowest BCUT2D eigenvalue weighted by Gasteiger charge is -2.26. The molecular weight excluding hydrogens is 773 g/mol. The average molecular weight is 831 g/mol. The Kier molecular flexibility index (Phi) is 13.8. The van der Waals surface area contributed by atoms with Crippen LogP contribution in [0.1, 0.15) is 80.2 Å². The Balaban J connectivity index is 1.02. The number of aryl methyl sites for hydroxylation is 3. The fraction of sp³-hybridized carbons (Fsp3) is 0.224. The maximum absolute atomic E-state index is 12.3. The first-order chi connectivity index (χ1) is 30.9. The van der Waals surface area contributed by atoms with Gasteiger partial charge in [0, 0.05) is 45.2 Å². The first-order valence-corrected chi connectivity index (χ1v) is 22.7. The summed E-state index contributed by atoms with van der Waals surface area (Å²) in [5.41, 5.74) is 14.9. The van der Waals surface area contributed by atoms with Crippen molar-refractivity contribution in [3.63, 3.8) is 0 Å². The zero-order chi connectivity index (χ0) is 43.5. The number of benzene rings is 7. The molecule has 0 aliphatic carbocycles. The molecule has 0 aliphatic heterocycles. The van der Waals surface area contributed by atoms with Gasteiger partial charge in [-0.05, 0) is 140 Å². The number of unbranched alkanes of at least 4 members (excludes halogenated alkanes) is 4. The van der Waals surface area contributed by atoms with Crippen LogP contribution in [0.15, 0.2) is 164 Å². The normalized spacial score (nSPS) is 11.4. The molecule has 63 heavy (non-hydrogen) atoms. The third-order valence-electron chi connectivity index (χ3n) is 11.8. The van der Waals surface area contributed by atoms with Crippen LogP contribution in [0.4, 0.5) is 17.1 Å². The van der Waals surface area contributed by atoms with Gasteiger partial charge < -0.3 is 18.9 Å². The molecule has 318 valence electrons. The van der Waals surface area contributed by atoms with Gasteiger partial charge in [0.15, 0.2) is 0 Å². The van der Waals surface area contributed by atoms with Crippen molar-refractivity contribution < 1.29 is 14.3 Å². The lowest BCUT2D eigenvalue weighted by molar-refractivity contribution is -0.137. The molecule has 0 fully saturated rings. The molecule has 0 spiro atoms. The highest BCUT2D eigenvalue weighted by molar-refractivity contribution is 6.10. The van der Waals surface area contributed by atoms with Gasteiger partial charge >= 0.3 is 5.97 Å². The summed E-state index contributed by atoms with van der Waals surface area (Å²) in [6.07, 6.45) is 11.0. The van der Waals surface area contributed by atoms with Crippen molar-refractivity contribution in [2.45, 2.75) is 79.2 Å². The van der Waals surface area contributed by atoms with E-state index in [1.165, 1.54) is 63.0 Å². The minimum Gasteiger partial charge on any atom is -0.488 e. The summed E-state index contributed by atoms with van der Waals surface area (Å²) >= 11 is 0. The van der Waals surface area contributed by atoms with E-state index in [0.29, 0.717) is 19.0 Å². The molecule has 0 aliphatic rings. The number of carbonyl (C=O) groups is 1. The van der Waals surface area contributed by atoms with Crippen LogP contribution in [0.3, 0.4) is 0 Å². The standard InChI is InChI=1S/C58H58N2O3/c1-5-7-9-12-38-62-58(61)37-26-47-14-10-11-15-57(47)63-41-45-21-31-52(32-22-45)60-55-35-18-43(4)39-53(55)54-40-48(25-36-56(54)60)46-23-33-51(34-24-46)59(49-27-16-42(3)17-28-49)50-29-19-44(20-30-50)13-8-6-2/h10-11,14-37,39-40H,5-9,12-13,38,41H2,1-4H3/b37-26+. The summed E-state index contributed by atoms with van der Waals surface area (Å²) in [6.45, 7) is 9.56. The van der Waals surface area contributed by atoms with Gasteiger partial charge in [0.2, 0.25) is 0 Å². The molecule has 1 aromatic heterocycles. The van der Waals surface area contributed by atoms with Crippen LogP contribution in [0.5, 0.6) is 5.75 Å². The van der Waals surface area contributed by atoms with E-state index in [0.717, 1.165) is 71.5 Å². The van der Waals surface area contributed by atoms with E-state index in [1.54, 1.807) is 6.08 Å². The van der Waals surface area contributed by atoms with Gasteiger partial charge in [-0.1, -0.05) is 130 Å². The lowest BCUT2D eigenvalue weighted by atomic mass is 10.0. The molecule has 5 nitrogen and oxygen atoms in total. The molecule has 1 heterocycles. The highest BCUT2D eigenvalue weighted by atomic mass is 16.5. The van der Waals surface area contributed by atoms with Crippen molar-refractivity contribution in [3.05, 3.63) is 192 Å². The van der Waals surface area contributed by atoms with Gasteiger partial charge in [-0.2, -0.15) is 0 Å². The predicted octanol–water partition coefficient (Wildman–Crippen LogP) is 15.6. The first kappa shape index (κ1) is 42.8. The Hall–Kier alpha value is -6.85. The van der Waals surface area contributed by atoms with Crippen molar-refractivity contribution >= 4 is 50.9 Å². The molecule has 0 bridgehead atoms. The number of rotatable bonds is 18. The number of carbonyl (C=O) groups excluding carboxylic acids is 1. The van der Waals surface area contributed by atoms with Crippen molar-refractivity contribution in [1.29, 1.82) is 0 Å². The van der Waals surface area contributed by atoms with E-state index in [9.17, 15) is 4.79 Å². The number of esters is 1. The topological polar surface area (TPSA) is 43.7 Å². The van der Waals surface area contributed by atoms with Gasteiger partial charge in [-0.25, -0.2) is 4.79 Å². The van der Waals surface area contributed by atoms with E-state index in [2.05, 4.69) is 171 Å². The smallest absolute Gasteiger partial charge is 0.330 e. The summed E-state index contributed by atoms with van der Waals surface area (Å²) < 4.78 is 14.0. The molecule has 0 atom stereocenters. The largest absolute Gasteiger partial charge is 0.488 e. The summed E-state index contributed by atoms with van der Waals surface area (Å²) in [5.74, 6) is 0.385. The molecule has 0 amide bonds. The minimum absolute atomic E-state index is 0.331. The van der Waals surface area contributed by atoms with Gasteiger partial charge in [0.05, 0.1) is 17.6 Å². The van der Waals surface area contributed by atoms with E-state index in [4.69, 9.17) is 9.47 Å². The zero-order valence-corrected chi connectivity index (χ0v) is 37.1. The van der Waals surface area contributed by atoms with Crippen LogP contribution in [-0.2, 0) is 22.6 Å². The third-order valence-corrected chi connectivity index (χ3v) is 11.8. The molecular formula is C58H58N2O3. The monoisotopic (exact) mass is 830 g/mol. The van der Waals surface area contributed by atoms with Crippen LogP contribution < -0.4 is 9.64 Å². The van der Waals surface area contributed by atoms with Gasteiger partial charge in [-0.15, -0.1) is 0 Å². The third kappa shape index (κ3) is 10.3. The molecule has 0 saturated heterocycles. The van der Waals surface area contributed by atoms with Gasteiger partial charge in [0.25, 0.3) is 0 Å². The highest BCUT2D eigenvalue weighted by Crippen LogP contribution is 2.39. The van der Waals surface area contributed by atoms with E-state index in [1.807, 2.05) is 24.3 Å². The number of ether oxygens (including phenoxy) is 2. The van der Waals surface area contributed by atoms with E-state index < -0.39 is 0 Å². The number of anilines is 3. The van der Waals surface area contributed by atoms with E-state index in [-0.39, 0.29) is 5.97 Å². The minimum atomic E-state index is -0.331.